The van der Waals surface area contributed by atoms with Gasteiger partial charge in [-0.05, 0) is 50.1 Å². The van der Waals surface area contributed by atoms with Gasteiger partial charge in [0.25, 0.3) is 0 Å². The van der Waals surface area contributed by atoms with E-state index in [0.717, 1.165) is 31.2 Å². The molecule has 5 nitrogen and oxygen atoms in total. The second-order valence-corrected chi connectivity index (χ2v) is 7.26. The molecule has 2 fully saturated rings. The van der Waals surface area contributed by atoms with Gasteiger partial charge in [0.15, 0.2) is 0 Å². The van der Waals surface area contributed by atoms with Crippen molar-refractivity contribution >= 4 is 23.5 Å². The summed E-state index contributed by atoms with van der Waals surface area (Å²) in [6, 6.07) is 13.7. The van der Waals surface area contributed by atoms with Gasteiger partial charge in [0.05, 0.1) is 23.1 Å². The summed E-state index contributed by atoms with van der Waals surface area (Å²) < 4.78 is 5.39. The largest absolute Gasteiger partial charge is 0.423 e. The molecule has 0 unspecified atom stereocenters. The van der Waals surface area contributed by atoms with Crippen LogP contribution in [0.15, 0.2) is 48.5 Å². The Morgan fingerprint density at radius 1 is 0.963 bits per heavy atom. The molecule has 0 bridgehead atoms. The van der Waals surface area contributed by atoms with Gasteiger partial charge >= 0.3 is 5.97 Å². The second kappa shape index (κ2) is 6.99. The van der Waals surface area contributed by atoms with Crippen molar-refractivity contribution in [2.45, 2.75) is 32.6 Å². The van der Waals surface area contributed by atoms with Gasteiger partial charge in [-0.1, -0.05) is 36.6 Å². The summed E-state index contributed by atoms with van der Waals surface area (Å²) in [4.78, 5) is 39.2. The Morgan fingerprint density at radius 2 is 1.59 bits per heavy atom. The van der Waals surface area contributed by atoms with E-state index in [1.165, 1.54) is 4.90 Å². The minimum atomic E-state index is -0.516. The van der Waals surface area contributed by atoms with Crippen molar-refractivity contribution < 1.29 is 19.1 Å². The third-order valence-electron chi connectivity index (χ3n) is 5.41. The van der Waals surface area contributed by atoms with Crippen LogP contribution in [0.4, 0.5) is 5.69 Å². The van der Waals surface area contributed by atoms with Crippen LogP contribution in [0, 0.1) is 18.8 Å². The fraction of sp³-hybridized carbons (Fsp3) is 0.318. The first kappa shape index (κ1) is 17.5. The Bertz CT molecular complexity index is 879. The van der Waals surface area contributed by atoms with E-state index in [-0.39, 0.29) is 23.7 Å². The summed E-state index contributed by atoms with van der Waals surface area (Å²) in [5, 5.41) is 0. The molecular formula is C22H21NO4. The van der Waals surface area contributed by atoms with Gasteiger partial charge in [0, 0.05) is 0 Å². The van der Waals surface area contributed by atoms with Gasteiger partial charge < -0.3 is 4.74 Å². The Hall–Kier alpha value is -2.95. The van der Waals surface area contributed by atoms with Gasteiger partial charge in [0.1, 0.15) is 5.75 Å². The molecule has 0 N–H and O–H groups in total. The molecule has 0 radical (unpaired) electrons. The SMILES string of the molecule is Cc1ccc(OC(=O)c2cccc(N3C(=O)[C@H]4CCCC[C@@H]4C3=O)c2)cc1. The van der Waals surface area contributed by atoms with Crippen LogP contribution in [0.25, 0.3) is 0 Å². The monoisotopic (exact) mass is 363 g/mol. The Balaban J connectivity index is 1.57. The Labute approximate surface area is 157 Å². The number of benzene rings is 2. The molecule has 138 valence electrons. The first-order valence-corrected chi connectivity index (χ1v) is 9.31. The molecule has 1 aliphatic heterocycles. The maximum Gasteiger partial charge on any atom is 0.343 e. The van der Waals surface area contributed by atoms with E-state index in [4.69, 9.17) is 4.74 Å². The van der Waals surface area contributed by atoms with E-state index >= 15 is 0 Å². The molecular weight excluding hydrogens is 342 g/mol. The molecule has 1 aliphatic carbocycles. The van der Waals surface area contributed by atoms with E-state index in [9.17, 15) is 14.4 Å². The molecule has 0 spiro atoms. The highest BCUT2D eigenvalue weighted by Gasteiger charge is 2.48. The van der Waals surface area contributed by atoms with Gasteiger partial charge in [-0.3, -0.25) is 14.5 Å². The third-order valence-corrected chi connectivity index (χ3v) is 5.41. The van der Waals surface area contributed by atoms with Crippen molar-refractivity contribution in [3.63, 3.8) is 0 Å². The number of carbonyl (C=O) groups excluding carboxylic acids is 3. The fourth-order valence-electron chi connectivity index (χ4n) is 3.96. The minimum Gasteiger partial charge on any atom is -0.423 e. The maximum absolute atomic E-state index is 12.7. The zero-order valence-corrected chi connectivity index (χ0v) is 15.2. The maximum atomic E-state index is 12.7. The first-order valence-electron chi connectivity index (χ1n) is 9.31. The topological polar surface area (TPSA) is 63.7 Å². The van der Waals surface area contributed by atoms with E-state index in [0.29, 0.717) is 17.0 Å². The van der Waals surface area contributed by atoms with E-state index in [1.54, 1.807) is 36.4 Å². The van der Waals surface area contributed by atoms with E-state index in [2.05, 4.69) is 0 Å². The predicted molar refractivity (Wildman–Crippen MR) is 101 cm³/mol. The predicted octanol–water partition coefficient (Wildman–Crippen LogP) is 3.89. The number of rotatable bonds is 3. The number of nitrogens with zero attached hydrogens (tertiary/aromatic N) is 1. The van der Waals surface area contributed by atoms with Crippen molar-refractivity contribution in [3.05, 3.63) is 59.7 Å². The molecule has 2 atom stereocenters. The molecule has 1 saturated carbocycles. The number of imide groups is 1. The summed E-state index contributed by atoms with van der Waals surface area (Å²) in [5.41, 5.74) is 1.82. The fourth-order valence-corrected chi connectivity index (χ4v) is 3.96. The Morgan fingerprint density at radius 3 is 2.22 bits per heavy atom. The van der Waals surface area contributed by atoms with Crippen LogP contribution in [-0.4, -0.2) is 17.8 Å². The number of aryl methyl sites for hydroxylation is 1. The molecule has 0 aromatic heterocycles. The lowest BCUT2D eigenvalue weighted by atomic mass is 9.81. The van der Waals surface area contributed by atoms with Crippen LogP contribution in [0.5, 0.6) is 5.75 Å². The van der Waals surface area contributed by atoms with Crippen LogP contribution in [0.3, 0.4) is 0 Å². The highest BCUT2D eigenvalue weighted by atomic mass is 16.5. The van der Waals surface area contributed by atoms with Crippen LogP contribution in [0.1, 0.15) is 41.6 Å². The lowest BCUT2D eigenvalue weighted by Gasteiger charge is -2.19. The van der Waals surface area contributed by atoms with Crippen molar-refractivity contribution in [2.75, 3.05) is 4.90 Å². The van der Waals surface area contributed by atoms with Gasteiger partial charge in [-0.2, -0.15) is 0 Å². The molecule has 2 amide bonds. The van der Waals surface area contributed by atoms with Gasteiger partial charge in [0.2, 0.25) is 11.8 Å². The van der Waals surface area contributed by atoms with Crippen LogP contribution in [-0.2, 0) is 9.59 Å². The number of amides is 2. The van der Waals surface area contributed by atoms with Crippen molar-refractivity contribution in [1.82, 2.24) is 0 Å². The van der Waals surface area contributed by atoms with Crippen molar-refractivity contribution in [3.8, 4) is 5.75 Å². The highest BCUT2D eigenvalue weighted by molar-refractivity contribution is 6.22. The first-order chi connectivity index (χ1) is 13.0. The number of hydrogen-bond donors (Lipinski definition) is 0. The lowest BCUT2D eigenvalue weighted by molar-refractivity contribution is -0.122. The third kappa shape index (κ3) is 3.25. The van der Waals surface area contributed by atoms with Crippen LogP contribution < -0.4 is 9.64 Å². The molecule has 27 heavy (non-hydrogen) atoms. The lowest BCUT2D eigenvalue weighted by Crippen LogP contribution is -2.31. The number of fused-ring (bicyclic) bond motifs is 1. The molecule has 1 heterocycles. The highest BCUT2D eigenvalue weighted by Crippen LogP contribution is 2.40. The average molecular weight is 363 g/mol. The number of esters is 1. The molecule has 4 rings (SSSR count). The average Bonchev–Trinajstić information content (AvgIpc) is 2.95. The quantitative estimate of drug-likeness (QED) is 0.471. The molecule has 2 aromatic rings. The minimum absolute atomic E-state index is 0.145. The summed E-state index contributed by atoms with van der Waals surface area (Å²) in [5.74, 6) is -0.779. The number of hydrogen-bond acceptors (Lipinski definition) is 4. The van der Waals surface area contributed by atoms with E-state index < -0.39 is 5.97 Å². The standard InChI is InChI=1S/C22H21NO4/c1-14-9-11-17(12-10-14)27-22(26)15-5-4-6-16(13-15)23-20(24)18-7-2-3-8-19(18)21(23)25/h4-6,9-13,18-19H,2-3,7-8H2,1H3/t18-,19-/m0/s1. The van der Waals surface area contributed by atoms with Crippen molar-refractivity contribution in [2.24, 2.45) is 11.8 Å². The van der Waals surface area contributed by atoms with Gasteiger partial charge in [-0.25, -0.2) is 4.79 Å². The summed E-state index contributed by atoms with van der Waals surface area (Å²) in [6.07, 6.45) is 3.50. The van der Waals surface area contributed by atoms with Crippen molar-refractivity contribution in [1.29, 1.82) is 0 Å². The normalized spacial score (nSPS) is 21.9. The zero-order chi connectivity index (χ0) is 19.0. The second-order valence-electron chi connectivity index (χ2n) is 7.26. The van der Waals surface area contributed by atoms with E-state index in [1.807, 2.05) is 19.1 Å². The summed E-state index contributed by atoms with van der Waals surface area (Å²) in [7, 11) is 0. The zero-order valence-electron chi connectivity index (χ0n) is 15.2. The number of carbonyl (C=O) groups is 3. The molecule has 2 aliphatic rings. The molecule has 5 heteroatoms. The number of ether oxygens (including phenoxy) is 1. The van der Waals surface area contributed by atoms with Crippen LogP contribution >= 0.6 is 0 Å². The van der Waals surface area contributed by atoms with Crippen LogP contribution in [0.2, 0.25) is 0 Å². The summed E-state index contributed by atoms with van der Waals surface area (Å²) in [6.45, 7) is 1.96. The Kier molecular flexibility index (Phi) is 4.52. The smallest absolute Gasteiger partial charge is 0.343 e. The molecule has 1 saturated heterocycles. The van der Waals surface area contributed by atoms with Gasteiger partial charge in [-0.15, -0.1) is 0 Å². The number of anilines is 1. The molecule has 2 aromatic carbocycles. The summed E-state index contributed by atoms with van der Waals surface area (Å²) >= 11 is 0.